The van der Waals surface area contributed by atoms with Gasteiger partial charge in [-0.2, -0.15) is 0 Å². The van der Waals surface area contributed by atoms with Gasteiger partial charge in [0.15, 0.2) is 0 Å². The first-order valence-electron chi connectivity index (χ1n) is 6.63. The molecule has 0 radical (unpaired) electrons. The van der Waals surface area contributed by atoms with Crippen LogP contribution < -0.4 is 4.90 Å². The Morgan fingerprint density at radius 2 is 2.06 bits per heavy atom. The van der Waals surface area contributed by atoms with Gasteiger partial charge in [0, 0.05) is 18.8 Å². The molecule has 1 aliphatic rings. The highest BCUT2D eigenvalue weighted by atomic mass is 15.1. The van der Waals surface area contributed by atoms with Gasteiger partial charge >= 0.3 is 0 Å². The van der Waals surface area contributed by atoms with Crippen LogP contribution in [0.2, 0.25) is 0 Å². The van der Waals surface area contributed by atoms with E-state index in [-0.39, 0.29) is 0 Å². The second kappa shape index (κ2) is 4.90. The summed E-state index contributed by atoms with van der Waals surface area (Å²) >= 11 is 0. The maximum atomic E-state index is 2.56. The Morgan fingerprint density at radius 3 is 2.75 bits per heavy atom. The zero-order valence-corrected chi connectivity index (χ0v) is 10.8. The lowest BCUT2D eigenvalue weighted by atomic mass is 9.93. The summed E-state index contributed by atoms with van der Waals surface area (Å²) in [6.07, 6.45) is 5.05. The molecule has 0 N–H and O–H groups in total. The van der Waals surface area contributed by atoms with Crippen molar-refractivity contribution in [2.75, 3.05) is 18.0 Å². The van der Waals surface area contributed by atoms with E-state index < -0.39 is 0 Å². The fourth-order valence-electron chi connectivity index (χ4n) is 2.88. The van der Waals surface area contributed by atoms with Crippen LogP contribution in [0, 0.1) is 6.92 Å². The predicted molar refractivity (Wildman–Crippen MR) is 71.4 cm³/mol. The standard InChI is InChI=1S/C15H23N/c1-4-7-13-10-12(3)11-14-8-6-9-16(5-2)15(13)14/h10-11H,4-9H2,1-3H3. The highest BCUT2D eigenvalue weighted by Crippen LogP contribution is 2.32. The number of hydrogen-bond donors (Lipinski definition) is 0. The van der Waals surface area contributed by atoms with Crippen molar-refractivity contribution in [3.05, 3.63) is 28.8 Å². The van der Waals surface area contributed by atoms with Crippen LogP contribution in [0.5, 0.6) is 0 Å². The lowest BCUT2D eigenvalue weighted by Gasteiger charge is -2.33. The number of aryl methyl sites for hydroxylation is 3. The minimum Gasteiger partial charge on any atom is -0.371 e. The third kappa shape index (κ3) is 2.09. The molecular formula is C15H23N. The Bertz CT molecular complexity index is 368. The quantitative estimate of drug-likeness (QED) is 0.746. The molecule has 0 aromatic heterocycles. The van der Waals surface area contributed by atoms with Gasteiger partial charge in [0.05, 0.1) is 0 Å². The smallest absolute Gasteiger partial charge is 0.0431 e. The summed E-state index contributed by atoms with van der Waals surface area (Å²) in [5, 5.41) is 0. The summed E-state index contributed by atoms with van der Waals surface area (Å²) in [7, 11) is 0. The fraction of sp³-hybridized carbons (Fsp3) is 0.600. The van der Waals surface area contributed by atoms with Gasteiger partial charge in [-0.3, -0.25) is 0 Å². The lowest BCUT2D eigenvalue weighted by molar-refractivity contribution is 0.699. The van der Waals surface area contributed by atoms with Crippen LogP contribution in [0.4, 0.5) is 5.69 Å². The van der Waals surface area contributed by atoms with Crippen molar-refractivity contribution < 1.29 is 0 Å². The van der Waals surface area contributed by atoms with Crippen molar-refractivity contribution in [2.45, 2.75) is 46.5 Å². The molecule has 1 aromatic carbocycles. The van der Waals surface area contributed by atoms with Gasteiger partial charge in [0.25, 0.3) is 0 Å². The summed E-state index contributed by atoms with van der Waals surface area (Å²) in [6, 6.07) is 4.77. The molecule has 1 aromatic rings. The molecule has 2 rings (SSSR count). The van der Waals surface area contributed by atoms with Gasteiger partial charge in [-0.15, -0.1) is 0 Å². The van der Waals surface area contributed by atoms with Crippen LogP contribution in [-0.4, -0.2) is 13.1 Å². The molecule has 0 fully saturated rings. The van der Waals surface area contributed by atoms with Gasteiger partial charge < -0.3 is 4.90 Å². The molecule has 16 heavy (non-hydrogen) atoms. The SMILES string of the molecule is CCCc1cc(C)cc2c1N(CC)CCC2. The van der Waals surface area contributed by atoms with Crippen LogP contribution in [-0.2, 0) is 12.8 Å². The number of fused-ring (bicyclic) bond motifs is 1. The summed E-state index contributed by atoms with van der Waals surface area (Å²) in [5.41, 5.74) is 6.14. The molecule has 1 heterocycles. The Kier molecular flexibility index (Phi) is 3.52. The second-order valence-corrected chi connectivity index (χ2v) is 4.86. The van der Waals surface area contributed by atoms with Gasteiger partial charge in [-0.05, 0) is 44.2 Å². The Morgan fingerprint density at radius 1 is 1.25 bits per heavy atom. The Hall–Kier alpha value is -0.980. The zero-order valence-electron chi connectivity index (χ0n) is 10.8. The number of anilines is 1. The minimum absolute atomic E-state index is 1.15. The van der Waals surface area contributed by atoms with Gasteiger partial charge in [0.1, 0.15) is 0 Å². The first kappa shape index (κ1) is 11.5. The molecule has 0 spiro atoms. The number of rotatable bonds is 3. The van der Waals surface area contributed by atoms with Crippen LogP contribution >= 0.6 is 0 Å². The summed E-state index contributed by atoms with van der Waals surface area (Å²) in [6.45, 7) is 9.15. The number of nitrogens with zero attached hydrogens (tertiary/aromatic N) is 1. The van der Waals surface area contributed by atoms with E-state index in [4.69, 9.17) is 0 Å². The summed E-state index contributed by atoms with van der Waals surface area (Å²) in [5.74, 6) is 0. The molecule has 0 bridgehead atoms. The van der Waals surface area contributed by atoms with E-state index in [9.17, 15) is 0 Å². The van der Waals surface area contributed by atoms with Crippen molar-refractivity contribution >= 4 is 5.69 Å². The predicted octanol–water partition coefficient (Wildman–Crippen LogP) is 3.72. The van der Waals surface area contributed by atoms with E-state index in [1.54, 1.807) is 16.8 Å². The molecule has 0 atom stereocenters. The molecule has 0 saturated carbocycles. The molecule has 1 heteroatoms. The fourth-order valence-corrected chi connectivity index (χ4v) is 2.88. The van der Waals surface area contributed by atoms with Gasteiger partial charge in [-0.25, -0.2) is 0 Å². The average Bonchev–Trinajstić information content (AvgIpc) is 2.28. The largest absolute Gasteiger partial charge is 0.371 e. The highest BCUT2D eigenvalue weighted by Gasteiger charge is 2.18. The van der Waals surface area contributed by atoms with Gasteiger partial charge in [0.2, 0.25) is 0 Å². The maximum Gasteiger partial charge on any atom is 0.0431 e. The minimum atomic E-state index is 1.15. The van der Waals surface area contributed by atoms with E-state index in [0.717, 1.165) is 6.54 Å². The number of benzene rings is 1. The molecular weight excluding hydrogens is 194 g/mol. The van der Waals surface area contributed by atoms with Crippen LogP contribution in [0.1, 0.15) is 43.4 Å². The molecule has 0 unspecified atom stereocenters. The van der Waals surface area contributed by atoms with Crippen LogP contribution in [0.25, 0.3) is 0 Å². The molecule has 0 saturated heterocycles. The first-order valence-corrected chi connectivity index (χ1v) is 6.63. The van der Waals surface area contributed by atoms with Gasteiger partial charge in [-0.1, -0.05) is 31.0 Å². The third-order valence-electron chi connectivity index (χ3n) is 3.50. The molecule has 1 aliphatic heterocycles. The molecule has 0 amide bonds. The van der Waals surface area contributed by atoms with Crippen molar-refractivity contribution in [1.29, 1.82) is 0 Å². The monoisotopic (exact) mass is 217 g/mol. The van der Waals surface area contributed by atoms with E-state index >= 15 is 0 Å². The van der Waals surface area contributed by atoms with Crippen LogP contribution in [0.15, 0.2) is 12.1 Å². The average molecular weight is 217 g/mol. The van der Waals surface area contributed by atoms with E-state index in [1.165, 1.54) is 37.8 Å². The molecule has 88 valence electrons. The zero-order chi connectivity index (χ0) is 11.5. The third-order valence-corrected chi connectivity index (χ3v) is 3.50. The van der Waals surface area contributed by atoms with Crippen molar-refractivity contribution in [1.82, 2.24) is 0 Å². The normalized spacial score (nSPS) is 15.1. The van der Waals surface area contributed by atoms with E-state index in [0.29, 0.717) is 0 Å². The lowest BCUT2D eigenvalue weighted by Crippen LogP contribution is -2.30. The van der Waals surface area contributed by atoms with Crippen molar-refractivity contribution in [3.63, 3.8) is 0 Å². The Balaban J connectivity index is 2.47. The summed E-state index contributed by atoms with van der Waals surface area (Å²) in [4.78, 5) is 2.56. The number of hydrogen-bond acceptors (Lipinski definition) is 1. The van der Waals surface area contributed by atoms with E-state index in [2.05, 4.69) is 37.8 Å². The van der Waals surface area contributed by atoms with Crippen molar-refractivity contribution in [2.24, 2.45) is 0 Å². The first-order chi connectivity index (χ1) is 7.76. The Labute approximate surface area is 99.5 Å². The topological polar surface area (TPSA) is 3.24 Å². The highest BCUT2D eigenvalue weighted by molar-refractivity contribution is 5.62. The molecule has 1 nitrogen and oxygen atoms in total. The van der Waals surface area contributed by atoms with Crippen molar-refractivity contribution in [3.8, 4) is 0 Å². The maximum absolute atomic E-state index is 2.56. The molecule has 0 aliphatic carbocycles. The van der Waals surface area contributed by atoms with Crippen LogP contribution in [0.3, 0.4) is 0 Å². The van der Waals surface area contributed by atoms with E-state index in [1.807, 2.05) is 0 Å². The second-order valence-electron chi connectivity index (χ2n) is 4.86. The summed E-state index contributed by atoms with van der Waals surface area (Å²) < 4.78 is 0.